The lowest BCUT2D eigenvalue weighted by Gasteiger charge is -2.20. The first-order valence-corrected chi connectivity index (χ1v) is 9.88. The van der Waals surface area contributed by atoms with Crippen LogP contribution in [0.2, 0.25) is 0 Å². The van der Waals surface area contributed by atoms with E-state index in [9.17, 15) is 17.2 Å². The van der Waals surface area contributed by atoms with Crippen molar-refractivity contribution in [3.63, 3.8) is 0 Å². The third-order valence-corrected chi connectivity index (χ3v) is 5.66. The Morgan fingerprint density at radius 2 is 1.57 bits per heavy atom. The number of nitrogens with zero attached hydrogens (tertiary/aromatic N) is 1. The van der Waals surface area contributed by atoms with Crippen molar-refractivity contribution in [2.45, 2.75) is 17.4 Å². The van der Waals surface area contributed by atoms with Crippen LogP contribution in [-0.4, -0.2) is 8.42 Å². The second kappa shape index (κ2) is 8.30. The van der Waals surface area contributed by atoms with E-state index >= 15 is 0 Å². The molecule has 142 valence electrons. The number of sulfonamides is 1. The van der Waals surface area contributed by atoms with Crippen molar-refractivity contribution in [2.24, 2.45) is 0 Å². The fraction of sp³-hybridized carbons (Fsp3) is 0.0952. The summed E-state index contributed by atoms with van der Waals surface area (Å²) in [5.74, 6) is -0.940. The molecule has 0 saturated carbocycles. The Kier molecular flexibility index (Phi) is 5.83. The molecule has 7 heteroatoms. The van der Waals surface area contributed by atoms with Crippen LogP contribution >= 0.6 is 0 Å². The molecule has 3 aromatic carbocycles. The minimum Gasteiger partial charge on any atom is -0.207 e. The molecule has 1 unspecified atom stereocenters. The van der Waals surface area contributed by atoms with E-state index in [-0.39, 0.29) is 11.3 Å². The summed E-state index contributed by atoms with van der Waals surface area (Å²) in [6.07, 6.45) is 0.136. The first-order valence-electron chi connectivity index (χ1n) is 8.40. The molecule has 0 aliphatic carbocycles. The molecular formula is C21H16F2N2O2S. The predicted octanol–water partition coefficient (Wildman–Crippen LogP) is 4.10. The van der Waals surface area contributed by atoms with Gasteiger partial charge >= 0.3 is 0 Å². The highest BCUT2D eigenvalue weighted by atomic mass is 32.2. The van der Waals surface area contributed by atoms with Crippen LogP contribution in [0.1, 0.15) is 22.7 Å². The van der Waals surface area contributed by atoms with Crippen molar-refractivity contribution >= 4 is 10.0 Å². The van der Waals surface area contributed by atoms with Crippen LogP contribution in [0.25, 0.3) is 0 Å². The highest BCUT2D eigenvalue weighted by molar-refractivity contribution is 7.89. The average molecular weight is 398 g/mol. The zero-order valence-electron chi connectivity index (χ0n) is 14.6. The molecule has 0 radical (unpaired) electrons. The van der Waals surface area contributed by atoms with Crippen LogP contribution in [0.3, 0.4) is 0 Å². The topological polar surface area (TPSA) is 70.0 Å². The summed E-state index contributed by atoms with van der Waals surface area (Å²) in [6.45, 7) is 0. The van der Waals surface area contributed by atoms with Gasteiger partial charge in [-0.25, -0.2) is 21.9 Å². The van der Waals surface area contributed by atoms with E-state index in [0.29, 0.717) is 16.7 Å². The Balaban J connectivity index is 1.95. The van der Waals surface area contributed by atoms with Crippen LogP contribution in [0.5, 0.6) is 0 Å². The Morgan fingerprint density at radius 3 is 2.18 bits per heavy atom. The van der Waals surface area contributed by atoms with Gasteiger partial charge in [0.2, 0.25) is 10.0 Å². The normalized spacial score (nSPS) is 12.3. The third-order valence-electron chi connectivity index (χ3n) is 4.17. The molecule has 0 aliphatic heterocycles. The van der Waals surface area contributed by atoms with Gasteiger partial charge in [-0.2, -0.15) is 5.26 Å². The quantitative estimate of drug-likeness (QED) is 0.680. The average Bonchev–Trinajstić information content (AvgIpc) is 2.67. The standard InChI is InChI=1S/C21H16F2N2O2S/c22-18-5-1-3-16(11-18)12-21(17-4-2-6-19(23)13-17)25-28(26,27)20-9-7-15(14-24)8-10-20/h1-11,13,21,25H,12H2. The van der Waals surface area contributed by atoms with E-state index in [1.54, 1.807) is 12.1 Å². The summed E-state index contributed by atoms with van der Waals surface area (Å²) in [7, 11) is -3.95. The summed E-state index contributed by atoms with van der Waals surface area (Å²) in [6, 6.07) is 18.0. The Bertz CT molecular complexity index is 1120. The third kappa shape index (κ3) is 4.80. The first-order chi connectivity index (χ1) is 13.4. The van der Waals surface area contributed by atoms with Crippen LogP contribution < -0.4 is 4.72 Å². The molecule has 3 aromatic rings. The van der Waals surface area contributed by atoms with Gasteiger partial charge in [-0.1, -0.05) is 24.3 Å². The van der Waals surface area contributed by atoms with Crippen LogP contribution in [0.4, 0.5) is 8.78 Å². The number of rotatable bonds is 6. The van der Waals surface area contributed by atoms with Crippen LogP contribution in [0.15, 0.2) is 77.7 Å². The number of nitrogens with one attached hydrogen (secondary N) is 1. The molecule has 0 aliphatic rings. The van der Waals surface area contributed by atoms with Crippen molar-refractivity contribution in [2.75, 3.05) is 0 Å². The molecule has 28 heavy (non-hydrogen) atoms. The fourth-order valence-electron chi connectivity index (χ4n) is 2.81. The van der Waals surface area contributed by atoms with Gasteiger partial charge in [-0.15, -0.1) is 0 Å². The van der Waals surface area contributed by atoms with Crippen LogP contribution in [-0.2, 0) is 16.4 Å². The van der Waals surface area contributed by atoms with E-state index in [2.05, 4.69) is 4.72 Å². The van der Waals surface area contributed by atoms with E-state index in [0.717, 1.165) is 0 Å². The molecule has 0 aromatic heterocycles. The summed E-state index contributed by atoms with van der Waals surface area (Å²) in [5, 5.41) is 8.86. The van der Waals surface area contributed by atoms with Gasteiger partial charge in [0.15, 0.2) is 0 Å². The zero-order chi connectivity index (χ0) is 20.1. The molecule has 1 N–H and O–H groups in total. The van der Waals surface area contributed by atoms with Gasteiger partial charge in [0.1, 0.15) is 11.6 Å². The molecular weight excluding hydrogens is 382 g/mol. The number of hydrogen-bond donors (Lipinski definition) is 1. The van der Waals surface area contributed by atoms with Gasteiger partial charge in [0.25, 0.3) is 0 Å². The smallest absolute Gasteiger partial charge is 0.207 e. The van der Waals surface area contributed by atoms with Crippen molar-refractivity contribution in [3.8, 4) is 6.07 Å². The number of hydrogen-bond acceptors (Lipinski definition) is 3. The van der Waals surface area contributed by atoms with Gasteiger partial charge < -0.3 is 0 Å². The second-order valence-electron chi connectivity index (χ2n) is 6.20. The Hall–Kier alpha value is -3.08. The number of benzene rings is 3. The van der Waals surface area contributed by atoms with Gasteiger partial charge in [0, 0.05) is 0 Å². The van der Waals surface area contributed by atoms with Gasteiger partial charge in [-0.05, 0) is 66.1 Å². The summed E-state index contributed by atoms with van der Waals surface area (Å²) in [5.41, 5.74) is 1.32. The van der Waals surface area contributed by atoms with Crippen molar-refractivity contribution < 1.29 is 17.2 Å². The monoisotopic (exact) mass is 398 g/mol. The Morgan fingerprint density at radius 1 is 0.929 bits per heavy atom. The molecule has 0 fully saturated rings. The molecule has 0 saturated heterocycles. The molecule has 3 rings (SSSR count). The molecule has 0 bridgehead atoms. The summed E-state index contributed by atoms with van der Waals surface area (Å²) >= 11 is 0. The Labute approximate surface area is 162 Å². The lowest BCUT2D eigenvalue weighted by atomic mass is 9.99. The number of halogens is 2. The highest BCUT2D eigenvalue weighted by Gasteiger charge is 2.22. The van der Waals surface area contributed by atoms with E-state index in [4.69, 9.17) is 5.26 Å². The summed E-state index contributed by atoms with van der Waals surface area (Å²) in [4.78, 5) is -0.0212. The molecule has 4 nitrogen and oxygen atoms in total. The number of nitriles is 1. The van der Waals surface area contributed by atoms with E-state index < -0.39 is 27.7 Å². The largest absolute Gasteiger partial charge is 0.241 e. The summed E-state index contributed by atoms with van der Waals surface area (Å²) < 4.78 is 55.4. The van der Waals surface area contributed by atoms with E-state index in [1.807, 2.05) is 6.07 Å². The minimum atomic E-state index is -3.95. The maximum absolute atomic E-state index is 13.7. The predicted molar refractivity (Wildman–Crippen MR) is 101 cm³/mol. The maximum Gasteiger partial charge on any atom is 0.241 e. The molecule has 0 heterocycles. The molecule has 0 spiro atoms. The maximum atomic E-state index is 13.7. The van der Waals surface area contributed by atoms with Crippen molar-refractivity contribution in [3.05, 3.63) is 101 Å². The van der Waals surface area contributed by atoms with Gasteiger partial charge in [0.05, 0.1) is 22.6 Å². The van der Waals surface area contributed by atoms with Gasteiger partial charge in [-0.3, -0.25) is 0 Å². The fourth-order valence-corrected chi connectivity index (χ4v) is 4.04. The SMILES string of the molecule is N#Cc1ccc(S(=O)(=O)NC(Cc2cccc(F)c2)c2cccc(F)c2)cc1. The lowest BCUT2D eigenvalue weighted by Crippen LogP contribution is -2.30. The minimum absolute atomic E-state index is 0.0212. The molecule has 1 atom stereocenters. The van der Waals surface area contributed by atoms with E-state index in [1.165, 1.54) is 60.7 Å². The zero-order valence-corrected chi connectivity index (χ0v) is 15.5. The first kappa shape index (κ1) is 19.7. The molecule has 0 amide bonds. The van der Waals surface area contributed by atoms with Crippen molar-refractivity contribution in [1.29, 1.82) is 5.26 Å². The lowest BCUT2D eigenvalue weighted by molar-refractivity contribution is 0.550. The second-order valence-corrected chi connectivity index (χ2v) is 7.91. The van der Waals surface area contributed by atoms with Crippen LogP contribution in [0, 0.1) is 23.0 Å². The highest BCUT2D eigenvalue weighted by Crippen LogP contribution is 2.23. The van der Waals surface area contributed by atoms with Crippen molar-refractivity contribution in [1.82, 2.24) is 4.72 Å².